The van der Waals surface area contributed by atoms with E-state index in [0.29, 0.717) is 5.69 Å². The highest BCUT2D eigenvalue weighted by molar-refractivity contribution is 6.30. The highest BCUT2D eigenvalue weighted by Crippen LogP contribution is 2.23. The molecule has 122 valence electrons. The molecule has 1 amide bonds. The number of nitrogens with one attached hydrogen (secondary N) is 1. The Bertz CT molecular complexity index is 924. The van der Waals surface area contributed by atoms with E-state index < -0.39 is 23.1 Å². The first-order valence-electron chi connectivity index (χ1n) is 6.99. The number of halogens is 3. The highest BCUT2D eigenvalue weighted by atomic mass is 35.5. The smallest absolute Gasteiger partial charge is 0.258 e. The minimum absolute atomic E-state index is 0.374. The van der Waals surface area contributed by atoms with E-state index in [-0.39, 0.29) is 5.02 Å². The number of carbonyl (C=O) groups is 1. The summed E-state index contributed by atoms with van der Waals surface area (Å²) in [6, 6.07) is 8.46. The molecule has 0 spiro atoms. The van der Waals surface area contributed by atoms with Crippen LogP contribution in [0.15, 0.2) is 48.8 Å². The Morgan fingerprint density at radius 1 is 1.21 bits per heavy atom. The molecule has 1 heterocycles. The van der Waals surface area contributed by atoms with Crippen LogP contribution >= 0.6 is 11.6 Å². The lowest BCUT2D eigenvalue weighted by Gasteiger charge is -2.09. The number of anilines is 1. The number of carbonyl (C=O) groups excluding carboxylic acids is 1. The van der Waals surface area contributed by atoms with Gasteiger partial charge in [0.1, 0.15) is 17.5 Å². The Labute approximate surface area is 141 Å². The van der Waals surface area contributed by atoms with Crippen molar-refractivity contribution in [3.8, 4) is 11.4 Å². The van der Waals surface area contributed by atoms with Crippen molar-refractivity contribution in [3.05, 3.63) is 71.0 Å². The Morgan fingerprint density at radius 3 is 2.71 bits per heavy atom. The van der Waals surface area contributed by atoms with Gasteiger partial charge in [0.2, 0.25) is 0 Å². The summed E-state index contributed by atoms with van der Waals surface area (Å²) in [7, 11) is 1.85. The molecular formula is C17H12ClF2N3O. The zero-order valence-electron chi connectivity index (χ0n) is 12.6. The second-order valence-corrected chi connectivity index (χ2v) is 5.55. The maximum absolute atomic E-state index is 13.8. The van der Waals surface area contributed by atoms with E-state index >= 15 is 0 Å². The number of nitrogens with zero attached hydrogens (tertiary/aromatic N) is 2. The predicted molar refractivity (Wildman–Crippen MR) is 88.0 cm³/mol. The molecule has 0 fully saturated rings. The standard InChI is InChI=1S/C17H12ClF2N3O/c1-23-6-5-21-16(23)10-3-2-4-11(7-10)22-17(24)12-8-15(20)13(18)9-14(12)19/h2-9H,1H3,(H,22,24). The van der Waals surface area contributed by atoms with E-state index in [0.717, 1.165) is 23.5 Å². The molecule has 1 aromatic heterocycles. The fourth-order valence-electron chi connectivity index (χ4n) is 2.27. The second-order valence-electron chi connectivity index (χ2n) is 5.14. The summed E-state index contributed by atoms with van der Waals surface area (Å²) in [6.07, 6.45) is 3.46. The molecule has 0 aliphatic carbocycles. The van der Waals surface area contributed by atoms with Crippen LogP contribution in [0, 0.1) is 11.6 Å². The summed E-state index contributed by atoms with van der Waals surface area (Å²) < 4.78 is 29.1. The van der Waals surface area contributed by atoms with Gasteiger partial charge in [-0.2, -0.15) is 0 Å². The molecule has 4 nitrogen and oxygen atoms in total. The number of benzene rings is 2. The molecule has 0 bridgehead atoms. The molecule has 0 atom stereocenters. The van der Waals surface area contributed by atoms with Gasteiger partial charge >= 0.3 is 0 Å². The first-order chi connectivity index (χ1) is 11.5. The average molecular weight is 348 g/mol. The molecule has 0 aliphatic rings. The van der Waals surface area contributed by atoms with E-state index in [2.05, 4.69) is 10.3 Å². The third-order valence-corrected chi connectivity index (χ3v) is 3.74. The quantitative estimate of drug-likeness (QED) is 0.719. The Hall–Kier alpha value is -2.73. The van der Waals surface area contributed by atoms with Gasteiger partial charge in [-0.15, -0.1) is 0 Å². The van der Waals surface area contributed by atoms with Gasteiger partial charge in [0.15, 0.2) is 0 Å². The van der Waals surface area contributed by atoms with Crippen molar-refractivity contribution >= 4 is 23.2 Å². The van der Waals surface area contributed by atoms with Gasteiger partial charge in [-0.1, -0.05) is 23.7 Å². The van der Waals surface area contributed by atoms with Crippen LogP contribution in [0.4, 0.5) is 14.5 Å². The van der Waals surface area contributed by atoms with Crippen molar-refractivity contribution in [2.24, 2.45) is 7.05 Å². The molecule has 3 aromatic rings. The first-order valence-corrected chi connectivity index (χ1v) is 7.37. The van der Waals surface area contributed by atoms with Gasteiger partial charge < -0.3 is 9.88 Å². The lowest BCUT2D eigenvalue weighted by atomic mass is 10.1. The fraction of sp³-hybridized carbons (Fsp3) is 0.0588. The molecule has 0 unspecified atom stereocenters. The molecule has 7 heteroatoms. The number of amides is 1. The Balaban J connectivity index is 1.88. The minimum Gasteiger partial charge on any atom is -0.334 e. The van der Waals surface area contributed by atoms with Gasteiger partial charge in [-0.05, 0) is 24.3 Å². The van der Waals surface area contributed by atoms with E-state index in [9.17, 15) is 13.6 Å². The minimum atomic E-state index is -0.890. The molecule has 3 rings (SSSR count). The van der Waals surface area contributed by atoms with Crippen molar-refractivity contribution in [2.45, 2.75) is 0 Å². The van der Waals surface area contributed by atoms with Gasteiger partial charge in [-0.25, -0.2) is 13.8 Å². The van der Waals surface area contributed by atoms with Crippen LogP contribution in [-0.4, -0.2) is 15.5 Å². The maximum atomic E-state index is 13.8. The van der Waals surface area contributed by atoms with Gasteiger partial charge in [0.05, 0.1) is 10.6 Å². The summed E-state index contributed by atoms with van der Waals surface area (Å²) in [4.78, 5) is 16.4. The van der Waals surface area contributed by atoms with Crippen LogP contribution in [0.2, 0.25) is 5.02 Å². The highest BCUT2D eigenvalue weighted by Gasteiger charge is 2.16. The normalized spacial score (nSPS) is 10.7. The second kappa shape index (κ2) is 6.41. The average Bonchev–Trinajstić information content (AvgIpc) is 2.97. The number of rotatable bonds is 3. The summed E-state index contributed by atoms with van der Waals surface area (Å²) in [5, 5.41) is 2.17. The summed E-state index contributed by atoms with van der Waals surface area (Å²) in [5.41, 5.74) is 0.803. The first kappa shape index (κ1) is 16.1. The number of aromatic nitrogens is 2. The van der Waals surface area contributed by atoms with Gasteiger partial charge in [0.25, 0.3) is 5.91 Å². The SMILES string of the molecule is Cn1ccnc1-c1cccc(NC(=O)c2cc(F)c(Cl)cc2F)c1. The molecular weight excluding hydrogens is 336 g/mol. The van der Waals surface area contributed by atoms with Crippen LogP contribution in [0.25, 0.3) is 11.4 Å². The number of hydrogen-bond donors (Lipinski definition) is 1. The lowest BCUT2D eigenvalue weighted by molar-refractivity contribution is 0.102. The fourth-order valence-corrected chi connectivity index (χ4v) is 2.43. The molecule has 0 radical (unpaired) electrons. The zero-order chi connectivity index (χ0) is 17.3. The molecule has 2 aromatic carbocycles. The van der Waals surface area contributed by atoms with Crippen LogP contribution in [0.1, 0.15) is 10.4 Å². The Kier molecular flexibility index (Phi) is 4.31. The van der Waals surface area contributed by atoms with E-state index in [1.807, 2.05) is 17.7 Å². The van der Waals surface area contributed by atoms with Crippen molar-refractivity contribution < 1.29 is 13.6 Å². The molecule has 0 saturated carbocycles. The van der Waals surface area contributed by atoms with Crippen molar-refractivity contribution in [2.75, 3.05) is 5.32 Å². The third kappa shape index (κ3) is 3.14. The van der Waals surface area contributed by atoms with Crippen molar-refractivity contribution in [1.82, 2.24) is 9.55 Å². The number of aryl methyl sites for hydroxylation is 1. The molecule has 1 N–H and O–H groups in total. The van der Waals surface area contributed by atoms with E-state index in [1.54, 1.807) is 30.6 Å². The topological polar surface area (TPSA) is 46.9 Å². The van der Waals surface area contributed by atoms with Crippen LogP contribution in [0.5, 0.6) is 0 Å². The summed E-state index contributed by atoms with van der Waals surface area (Å²) >= 11 is 5.49. The van der Waals surface area contributed by atoms with E-state index in [4.69, 9.17) is 11.6 Å². The monoisotopic (exact) mass is 347 g/mol. The van der Waals surface area contributed by atoms with Crippen LogP contribution in [-0.2, 0) is 7.05 Å². The van der Waals surface area contributed by atoms with Gasteiger partial charge in [-0.3, -0.25) is 4.79 Å². The van der Waals surface area contributed by atoms with Crippen LogP contribution < -0.4 is 5.32 Å². The summed E-state index contributed by atoms with van der Waals surface area (Å²) in [6.45, 7) is 0. The predicted octanol–water partition coefficient (Wildman–Crippen LogP) is 4.27. The van der Waals surface area contributed by atoms with Gasteiger partial charge in [0, 0.05) is 30.7 Å². The van der Waals surface area contributed by atoms with Crippen molar-refractivity contribution in [1.29, 1.82) is 0 Å². The largest absolute Gasteiger partial charge is 0.334 e. The number of hydrogen-bond acceptors (Lipinski definition) is 2. The summed E-state index contributed by atoms with van der Waals surface area (Å²) in [5.74, 6) is -1.79. The lowest BCUT2D eigenvalue weighted by Crippen LogP contribution is -2.14. The van der Waals surface area contributed by atoms with Crippen molar-refractivity contribution in [3.63, 3.8) is 0 Å². The zero-order valence-corrected chi connectivity index (χ0v) is 13.3. The molecule has 0 aliphatic heterocycles. The van der Waals surface area contributed by atoms with Crippen LogP contribution in [0.3, 0.4) is 0 Å². The number of imidazole rings is 1. The molecule has 24 heavy (non-hydrogen) atoms. The molecule has 0 saturated heterocycles. The Morgan fingerprint density at radius 2 is 2.00 bits per heavy atom. The third-order valence-electron chi connectivity index (χ3n) is 3.45. The van der Waals surface area contributed by atoms with E-state index in [1.165, 1.54) is 0 Å². The maximum Gasteiger partial charge on any atom is 0.258 e.